The summed E-state index contributed by atoms with van der Waals surface area (Å²) in [6.07, 6.45) is 1.09. The quantitative estimate of drug-likeness (QED) is 0.413. The first-order valence-electron chi connectivity index (χ1n) is 5.58. The minimum Gasteiger partial charge on any atom is -0.480 e. The van der Waals surface area contributed by atoms with Crippen molar-refractivity contribution in [2.75, 3.05) is 33.7 Å². The van der Waals surface area contributed by atoms with Gasteiger partial charge in [-0.15, -0.1) is 0 Å². The molecule has 0 radical (unpaired) electrons. The number of aliphatic carboxylic acids is 1. The van der Waals surface area contributed by atoms with Crippen LogP contribution in [-0.4, -0.2) is 61.8 Å². The third kappa shape index (κ3) is 9.58. The Morgan fingerprint density at radius 2 is 1.88 bits per heavy atom. The lowest BCUT2D eigenvalue weighted by molar-refractivity contribution is -0.138. The van der Waals surface area contributed by atoms with E-state index in [-0.39, 0.29) is 19.0 Å². The fraction of sp³-hybridized carbons (Fsp3) is 0.800. The molecular weight excluding hydrogens is 224 g/mol. The van der Waals surface area contributed by atoms with Crippen molar-refractivity contribution in [3.05, 3.63) is 0 Å². The van der Waals surface area contributed by atoms with Crippen LogP contribution in [0.25, 0.3) is 0 Å². The van der Waals surface area contributed by atoms with E-state index in [4.69, 9.17) is 10.8 Å². The van der Waals surface area contributed by atoms with Crippen molar-refractivity contribution < 1.29 is 14.7 Å². The zero-order valence-electron chi connectivity index (χ0n) is 10.4. The third-order valence-electron chi connectivity index (χ3n) is 2.13. The Morgan fingerprint density at radius 1 is 1.29 bits per heavy atom. The minimum absolute atomic E-state index is 0.223. The zero-order valence-corrected chi connectivity index (χ0v) is 10.4. The lowest BCUT2D eigenvalue weighted by Crippen LogP contribution is -2.40. The average molecular weight is 246 g/mol. The van der Waals surface area contributed by atoms with Crippen LogP contribution in [0.3, 0.4) is 0 Å². The van der Waals surface area contributed by atoms with Crippen LogP contribution in [0.15, 0.2) is 0 Å². The maximum atomic E-state index is 11.2. The predicted octanol–water partition coefficient (Wildman–Crippen LogP) is -0.961. The monoisotopic (exact) mass is 246 g/mol. The highest BCUT2D eigenvalue weighted by atomic mass is 16.4. The Labute approximate surface area is 101 Å². The molecule has 2 amide bonds. The van der Waals surface area contributed by atoms with E-state index in [1.807, 2.05) is 19.0 Å². The van der Waals surface area contributed by atoms with Gasteiger partial charge in [-0.3, -0.25) is 4.79 Å². The molecule has 0 bridgehead atoms. The van der Waals surface area contributed by atoms with Crippen LogP contribution in [0, 0.1) is 0 Å². The molecule has 17 heavy (non-hydrogen) atoms. The zero-order chi connectivity index (χ0) is 13.3. The van der Waals surface area contributed by atoms with Crippen molar-refractivity contribution in [2.24, 2.45) is 5.73 Å². The van der Waals surface area contributed by atoms with Gasteiger partial charge < -0.3 is 26.4 Å². The van der Waals surface area contributed by atoms with Gasteiger partial charge in [0.15, 0.2) is 0 Å². The Bertz CT molecular complexity index is 246. The van der Waals surface area contributed by atoms with Gasteiger partial charge in [-0.2, -0.15) is 0 Å². The molecule has 0 heterocycles. The molecule has 0 aliphatic rings. The lowest BCUT2D eigenvalue weighted by Gasteiger charge is -2.11. The van der Waals surface area contributed by atoms with Gasteiger partial charge in [-0.1, -0.05) is 0 Å². The molecule has 100 valence electrons. The summed E-state index contributed by atoms with van der Waals surface area (Å²) in [6, 6.07) is -1.22. The number of carboxylic acids is 1. The van der Waals surface area contributed by atoms with Crippen molar-refractivity contribution >= 4 is 12.0 Å². The van der Waals surface area contributed by atoms with Crippen LogP contribution in [-0.2, 0) is 4.79 Å². The molecular formula is C10H22N4O3. The number of carbonyl (C=O) groups excluding carboxylic acids is 1. The molecule has 7 heteroatoms. The Balaban J connectivity index is 3.44. The second-order valence-corrected chi connectivity index (χ2v) is 4.07. The smallest absolute Gasteiger partial charge is 0.320 e. The van der Waals surface area contributed by atoms with Crippen molar-refractivity contribution in [3.63, 3.8) is 0 Å². The van der Waals surface area contributed by atoms with Gasteiger partial charge in [0.25, 0.3) is 0 Å². The summed E-state index contributed by atoms with van der Waals surface area (Å²) in [5.41, 5.74) is 5.28. The molecule has 0 rings (SSSR count). The van der Waals surface area contributed by atoms with Crippen LogP contribution >= 0.6 is 0 Å². The second-order valence-electron chi connectivity index (χ2n) is 4.07. The van der Waals surface area contributed by atoms with Crippen LogP contribution < -0.4 is 16.4 Å². The Kier molecular flexibility index (Phi) is 8.08. The fourth-order valence-electron chi connectivity index (χ4n) is 1.12. The topological polar surface area (TPSA) is 108 Å². The summed E-state index contributed by atoms with van der Waals surface area (Å²) < 4.78 is 0. The first kappa shape index (κ1) is 15.7. The summed E-state index contributed by atoms with van der Waals surface area (Å²) in [6.45, 7) is 1.76. The highest BCUT2D eigenvalue weighted by molar-refractivity contribution is 5.74. The molecule has 0 aromatic rings. The number of nitrogens with one attached hydrogen (secondary N) is 2. The number of hydrogen-bond acceptors (Lipinski definition) is 4. The lowest BCUT2D eigenvalue weighted by atomic mass is 10.2. The van der Waals surface area contributed by atoms with Crippen LogP contribution in [0.4, 0.5) is 4.79 Å². The van der Waals surface area contributed by atoms with Crippen LogP contribution in [0.2, 0.25) is 0 Å². The molecule has 5 N–H and O–H groups in total. The number of rotatable bonds is 8. The van der Waals surface area contributed by atoms with E-state index in [1.165, 1.54) is 0 Å². The SMILES string of the molecule is CN(C)CCCNC(=O)NCCC(N)C(=O)O. The highest BCUT2D eigenvalue weighted by Crippen LogP contribution is 1.86. The largest absolute Gasteiger partial charge is 0.480 e. The number of hydrogen-bond donors (Lipinski definition) is 4. The fourth-order valence-corrected chi connectivity index (χ4v) is 1.12. The Hall–Kier alpha value is -1.34. The van der Waals surface area contributed by atoms with Gasteiger partial charge in [0.1, 0.15) is 6.04 Å². The van der Waals surface area contributed by atoms with E-state index in [9.17, 15) is 9.59 Å². The number of carbonyl (C=O) groups is 2. The van der Waals surface area contributed by atoms with E-state index < -0.39 is 12.0 Å². The molecule has 0 aliphatic heterocycles. The van der Waals surface area contributed by atoms with Crippen molar-refractivity contribution in [3.8, 4) is 0 Å². The molecule has 0 spiro atoms. The van der Waals surface area contributed by atoms with Gasteiger partial charge >= 0.3 is 12.0 Å². The number of nitrogens with zero attached hydrogens (tertiary/aromatic N) is 1. The summed E-state index contributed by atoms with van der Waals surface area (Å²) in [4.78, 5) is 23.6. The van der Waals surface area contributed by atoms with Gasteiger partial charge in [0, 0.05) is 13.1 Å². The summed E-state index contributed by atoms with van der Waals surface area (Å²) >= 11 is 0. The summed E-state index contributed by atoms with van der Waals surface area (Å²) in [7, 11) is 3.93. The minimum atomic E-state index is -1.06. The maximum Gasteiger partial charge on any atom is 0.320 e. The van der Waals surface area contributed by atoms with E-state index in [1.54, 1.807) is 0 Å². The highest BCUT2D eigenvalue weighted by Gasteiger charge is 2.10. The molecule has 0 aromatic heterocycles. The standard InChI is InChI=1S/C10H22N4O3/c1-14(2)7-3-5-12-10(17)13-6-4-8(11)9(15)16/h8H,3-7,11H2,1-2H3,(H,15,16)(H2,12,13,17). The maximum absolute atomic E-state index is 11.2. The molecule has 0 saturated carbocycles. The van der Waals surface area contributed by atoms with Crippen molar-refractivity contribution in [1.82, 2.24) is 15.5 Å². The van der Waals surface area contributed by atoms with Crippen molar-refractivity contribution in [1.29, 1.82) is 0 Å². The van der Waals surface area contributed by atoms with E-state index >= 15 is 0 Å². The van der Waals surface area contributed by atoms with Crippen LogP contribution in [0.1, 0.15) is 12.8 Å². The van der Waals surface area contributed by atoms with Gasteiger partial charge in [0.2, 0.25) is 0 Å². The van der Waals surface area contributed by atoms with Crippen molar-refractivity contribution in [2.45, 2.75) is 18.9 Å². The molecule has 7 nitrogen and oxygen atoms in total. The third-order valence-corrected chi connectivity index (χ3v) is 2.13. The normalized spacial score (nSPS) is 12.2. The second kappa shape index (κ2) is 8.77. The van der Waals surface area contributed by atoms with Gasteiger partial charge in [0.05, 0.1) is 0 Å². The molecule has 0 aliphatic carbocycles. The summed E-state index contributed by atoms with van der Waals surface area (Å²) in [5, 5.41) is 13.7. The van der Waals surface area contributed by atoms with E-state index in [0.717, 1.165) is 13.0 Å². The first-order chi connectivity index (χ1) is 7.93. The number of nitrogens with two attached hydrogens (primary N) is 1. The summed E-state index contributed by atoms with van der Waals surface area (Å²) in [5.74, 6) is -1.06. The molecule has 1 atom stereocenters. The van der Waals surface area contributed by atoms with Gasteiger partial charge in [-0.25, -0.2) is 4.79 Å². The number of urea groups is 1. The van der Waals surface area contributed by atoms with E-state index in [2.05, 4.69) is 10.6 Å². The molecule has 0 aromatic carbocycles. The predicted molar refractivity (Wildman–Crippen MR) is 64.8 cm³/mol. The average Bonchev–Trinajstić information content (AvgIpc) is 2.23. The first-order valence-corrected chi connectivity index (χ1v) is 5.58. The molecule has 1 unspecified atom stereocenters. The Morgan fingerprint density at radius 3 is 2.41 bits per heavy atom. The number of carboxylic acid groups (broad SMARTS) is 1. The van der Waals surface area contributed by atoms with E-state index in [0.29, 0.717) is 6.54 Å². The van der Waals surface area contributed by atoms with Crippen LogP contribution in [0.5, 0.6) is 0 Å². The molecule has 0 saturated heterocycles. The van der Waals surface area contributed by atoms with Gasteiger partial charge in [-0.05, 0) is 33.5 Å². The molecule has 0 fully saturated rings. The number of amides is 2.